The smallest absolute Gasteiger partial charge is 0.249 e. The molecule has 30 heavy (non-hydrogen) atoms. The molecule has 4 aliphatic rings. The molecule has 2 bridgehead atoms. The van der Waals surface area contributed by atoms with Crippen LogP contribution in [-0.2, 0) is 11.3 Å². The Morgan fingerprint density at radius 3 is 2.93 bits per heavy atom. The molecule has 0 N–H and O–H groups in total. The van der Waals surface area contributed by atoms with Crippen molar-refractivity contribution in [1.29, 1.82) is 5.26 Å². The van der Waals surface area contributed by atoms with Crippen LogP contribution in [0.4, 0.5) is 0 Å². The van der Waals surface area contributed by atoms with E-state index in [9.17, 15) is 4.79 Å². The maximum atomic E-state index is 13.3. The summed E-state index contributed by atoms with van der Waals surface area (Å²) < 4.78 is 2.03. The number of hydrogen-bond acceptors (Lipinski definition) is 6. The molecule has 2 aromatic heterocycles. The molecule has 8 heteroatoms. The zero-order chi connectivity index (χ0) is 20.5. The summed E-state index contributed by atoms with van der Waals surface area (Å²) in [5, 5.41) is 23.7. The van der Waals surface area contributed by atoms with Gasteiger partial charge in [0, 0.05) is 35.6 Å². The zero-order valence-corrected chi connectivity index (χ0v) is 17.4. The van der Waals surface area contributed by atoms with Gasteiger partial charge in [-0.15, -0.1) is 11.3 Å². The second kappa shape index (κ2) is 5.99. The number of hydrogen-bond donors (Lipinski definition) is 0. The number of fused-ring (bicyclic) bond motifs is 1. The molecule has 150 valence electrons. The topological polar surface area (TPSA) is 87.2 Å². The summed E-state index contributed by atoms with van der Waals surface area (Å²) in [4.78, 5) is 17.9. The predicted molar refractivity (Wildman–Crippen MR) is 113 cm³/mol. The highest BCUT2D eigenvalue weighted by Gasteiger charge is 2.72. The summed E-state index contributed by atoms with van der Waals surface area (Å²) in [5.74, 6) is 0.153. The van der Waals surface area contributed by atoms with Crippen LogP contribution in [0.1, 0.15) is 48.0 Å². The molecule has 7 rings (SSSR count). The van der Waals surface area contributed by atoms with Gasteiger partial charge in [0.05, 0.1) is 28.8 Å². The number of amides is 1. The van der Waals surface area contributed by atoms with E-state index in [0.717, 1.165) is 53.8 Å². The lowest BCUT2D eigenvalue weighted by atomic mass is 9.34. The number of aryl methyl sites for hydroxylation is 1. The summed E-state index contributed by atoms with van der Waals surface area (Å²) in [6.07, 6.45) is 7.09. The van der Waals surface area contributed by atoms with Crippen molar-refractivity contribution >= 4 is 34.4 Å². The Bertz CT molecular complexity index is 1240. The fourth-order valence-electron chi connectivity index (χ4n) is 5.58. The zero-order valence-electron chi connectivity index (χ0n) is 16.6. The molecule has 3 heterocycles. The van der Waals surface area contributed by atoms with Gasteiger partial charge in [0.1, 0.15) is 11.0 Å². The van der Waals surface area contributed by atoms with Crippen LogP contribution in [-0.4, -0.2) is 31.9 Å². The average Bonchev–Trinajstić information content (AvgIpc) is 3.41. The predicted octanol–water partition coefficient (Wildman–Crippen LogP) is 3.80. The number of rotatable bonds is 4. The maximum Gasteiger partial charge on any atom is 0.249 e. The monoisotopic (exact) mass is 416 g/mol. The van der Waals surface area contributed by atoms with Gasteiger partial charge in [-0.2, -0.15) is 15.5 Å². The largest absolute Gasteiger partial charge is 0.272 e. The highest BCUT2D eigenvalue weighted by atomic mass is 32.1. The van der Waals surface area contributed by atoms with E-state index in [0.29, 0.717) is 5.56 Å². The average molecular weight is 417 g/mol. The van der Waals surface area contributed by atoms with E-state index in [4.69, 9.17) is 5.26 Å². The lowest BCUT2D eigenvalue weighted by Gasteiger charge is -2.69. The number of nitriles is 1. The molecule has 1 aromatic carbocycles. The molecule has 3 saturated carbocycles. The summed E-state index contributed by atoms with van der Waals surface area (Å²) in [5.41, 5.74) is 2.57. The van der Waals surface area contributed by atoms with Crippen molar-refractivity contribution in [1.82, 2.24) is 19.8 Å². The van der Waals surface area contributed by atoms with E-state index in [1.165, 1.54) is 0 Å². The lowest BCUT2D eigenvalue weighted by molar-refractivity contribution is -0.223. The summed E-state index contributed by atoms with van der Waals surface area (Å²) >= 11 is 1.61. The van der Waals surface area contributed by atoms with Gasteiger partial charge < -0.3 is 0 Å². The van der Waals surface area contributed by atoms with Crippen LogP contribution in [0.5, 0.6) is 0 Å². The van der Waals surface area contributed by atoms with E-state index in [-0.39, 0.29) is 22.8 Å². The molecule has 0 saturated heterocycles. The van der Waals surface area contributed by atoms with Crippen molar-refractivity contribution < 1.29 is 4.79 Å². The number of aromatic nitrogens is 3. The fourth-order valence-corrected chi connectivity index (χ4v) is 6.47. The van der Waals surface area contributed by atoms with Crippen molar-refractivity contribution in [3.63, 3.8) is 0 Å². The lowest BCUT2D eigenvalue weighted by Crippen LogP contribution is -2.68. The van der Waals surface area contributed by atoms with Crippen LogP contribution in [0.2, 0.25) is 0 Å². The van der Waals surface area contributed by atoms with Gasteiger partial charge in [0.2, 0.25) is 5.91 Å². The van der Waals surface area contributed by atoms with Gasteiger partial charge in [-0.3, -0.25) is 9.48 Å². The van der Waals surface area contributed by atoms with E-state index in [1.54, 1.807) is 16.3 Å². The number of thiazole rings is 1. The van der Waals surface area contributed by atoms with Crippen molar-refractivity contribution in [3.05, 3.63) is 46.0 Å². The maximum absolute atomic E-state index is 13.3. The van der Waals surface area contributed by atoms with Gasteiger partial charge >= 0.3 is 0 Å². The van der Waals surface area contributed by atoms with Crippen molar-refractivity contribution in [2.75, 3.05) is 0 Å². The van der Waals surface area contributed by atoms with Crippen LogP contribution < -0.4 is 0 Å². The molecular weight excluding hydrogens is 396 g/mol. The Hall–Kier alpha value is -3.05. The van der Waals surface area contributed by atoms with Gasteiger partial charge in [-0.25, -0.2) is 9.99 Å². The van der Waals surface area contributed by atoms with Crippen molar-refractivity contribution in [3.8, 4) is 6.07 Å². The third-order valence-electron chi connectivity index (χ3n) is 6.81. The minimum absolute atomic E-state index is 0.0504. The standard InChI is InChI=1S/C22H20N6OS/c1-14-9-30-19(26-14)18-4-5-24-28(18)20(29)22-10-21(11-22,12-22)13-27-17-3-2-15(7-23)6-16(17)8-25-27/h2-3,5-6,8-9,18H,4,10-13H2,1H3. The molecule has 1 atom stereocenters. The normalized spacial score (nSPS) is 28.9. The van der Waals surface area contributed by atoms with E-state index < -0.39 is 0 Å². The molecule has 3 fully saturated rings. The van der Waals surface area contributed by atoms with E-state index >= 15 is 0 Å². The molecule has 0 spiro atoms. The van der Waals surface area contributed by atoms with E-state index in [1.807, 2.05) is 47.6 Å². The summed E-state index contributed by atoms with van der Waals surface area (Å²) in [7, 11) is 0. The molecular formula is C22H20N6OS. The highest BCUT2D eigenvalue weighted by molar-refractivity contribution is 7.09. The first kappa shape index (κ1) is 17.8. The molecule has 3 aliphatic carbocycles. The van der Waals surface area contributed by atoms with Gasteiger partial charge in [0.25, 0.3) is 0 Å². The van der Waals surface area contributed by atoms with E-state index in [2.05, 4.69) is 21.3 Å². The minimum atomic E-state index is -0.261. The third kappa shape index (κ3) is 2.42. The second-order valence-corrected chi connectivity index (χ2v) is 9.91. The van der Waals surface area contributed by atoms with Gasteiger partial charge in [0.15, 0.2) is 0 Å². The second-order valence-electron chi connectivity index (χ2n) is 9.02. The Morgan fingerprint density at radius 2 is 2.20 bits per heavy atom. The number of hydrazone groups is 1. The van der Waals surface area contributed by atoms with Crippen molar-refractivity contribution in [2.24, 2.45) is 15.9 Å². The first-order valence-electron chi connectivity index (χ1n) is 10.1. The Labute approximate surface area is 177 Å². The number of carbonyl (C=O) groups is 1. The first-order valence-corrected chi connectivity index (χ1v) is 11.0. The van der Waals surface area contributed by atoms with Crippen LogP contribution in [0.15, 0.2) is 34.9 Å². The molecule has 1 amide bonds. The fraction of sp³-hybridized carbons (Fsp3) is 0.409. The molecule has 7 nitrogen and oxygen atoms in total. The van der Waals surface area contributed by atoms with Crippen LogP contribution >= 0.6 is 11.3 Å². The molecule has 1 unspecified atom stereocenters. The molecule has 3 aromatic rings. The molecule has 1 aliphatic heterocycles. The van der Waals surface area contributed by atoms with Crippen LogP contribution in [0.3, 0.4) is 0 Å². The Morgan fingerprint density at radius 1 is 1.37 bits per heavy atom. The minimum Gasteiger partial charge on any atom is -0.272 e. The highest BCUT2D eigenvalue weighted by Crippen LogP contribution is 2.74. The van der Waals surface area contributed by atoms with Crippen LogP contribution in [0.25, 0.3) is 10.9 Å². The third-order valence-corrected chi connectivity index (χ3v) is 7.87. The number of benzene rings is 1. The van der Waals surface area contributed by atoms with Gasteiger partial charge in [-0.1, -0.05) is 0 Å². The quantitative estimate of drug-likeness (QED) is 0.647. The molecule has 0 radical (unpaired) electrons. The SMILES string of the molecule is Cc1csc(C2CC=NN2C(=O)C23CC(Cn4ncc5cc(C#N)ccc54)(C2)C3)n1. The Balaban J connectivity index is 1.17. The number of carbonyl (C=O) groups excluding carboxylic acids is 1. The van der Waals surface area contributed by atoms with Crippen molar-refractivity contribution in [2.45, 2.75) is 45.2 Å². The summed E-state index contributed by atoms with van der Waals surface area (Å²) in [6.45, 7) is 2.79. The summed E-state index contributed by atoms with van der Waals surface area (Å²) in [6, 6.07) is 7.79. The van der Waals surface area contributed by atoms with Crippen LogP contribution in [0, 0.1) is 29.1 Å². The number of nitrogens with zero attached hydrogens (tertiary/aromatic N) is 6. The first-order chi connectivity index (χ1) is 14.5. The van der Waals surface area contributed by atoms with Gasteiger partial charge in [-0.05, 0) is 49.8 Å². The Kier molecular flexibility index (Phi) is 3.55.